The van der Waals surface area contributed by atoms with Crippen molar-refractivity contribution in [2.24, 2.45) is 7.05 Å². The van der Waals surface area contributed by atoms with Crippen LogP contribution < -0.4 is 5.73 Å². The third-order valence-electron chi connectivity index (χ3n) is 2.58. The van der Waals surface area contributed by atoms with Gasteiger partial charge in [0.15, 0.2) is 0 Å². The monoisotopic (exact) mass is 265 g/mol. The van der Waals surface area contributed by atoms with Gasteiger partial charge in [-0.3, -0.25) is 9.48 Å². The molecule has 0 aliphatic heterocycles. The lowest BCUT2D eigenvalue weighted by Crippen LogP contribution is -2.28. The Labute approximate surface area is 109 Å². The summed E-state index contributed by atoms with van der Waals surface area (Å²) < 4.78 is 1.49. The molecule has 18 heavy (non-hydrogen) atoms. The molecule has 2 aromatic heterocycles. The van der Waals surface area contributed by atoms with Crippen molar-refractivity contribution >= 4 is 22.9 Å². The molecule has 2 N–H and O–H groups in total. The van der Waals surface area contributed by atoms with E-state index in [1.54, 1.807) is 36.5 Å². The van der Waals surface area contributed by atoms with Crippen molar-refractivity contribution in [3.63, 3.8) is 0 Å². The number of carbonyl (C=O) groups is 1. The molecule has 0 radical (unpaired) electrons. The maximum atomic E-state index is 12.2. The largest absolute Gasteiger partial charge is 0.396 e. The van der Waals surface area contributed by atoms with Gasteiger partial charge in [-0.05, 0) is 6.92 Å². The van der Waals surface area contributed by atoms with E-state index in [4.69, 9.17) is 5.73 Å². The predicted molar refractivity (Wildman–Crippen MR) is 70.3 cm³/mol. The van der Waals surface area contributed by atoms with Gasteiger partial charge in [-0.25, -0.2) is 4.98 Å². The zero-order valence-electron chi connectivity index (χ0n) is 10.5. The van der Waals surface area contributed by atoms with Crippen molar-refractivity contribution in [2.45, 2.75) is 13.5 Å². The lowest BCUT2D eigenvalue weighted by atomic mass is 10.3. The summed E-state index contributed by atoms with van der Waals surface area (Å²) in [5.41, 5.74) is 6.55. The highest BCUT2D eigenvalue weighted by molar-refractivity contribution is 7.11. The highest BCUT2D eigenvalue weighted by Gasteiger charge is 2.19. The fourth-order valence-corrected chi connectivity index (χ4v) is 2.53. The molecule has 0 aromatic carbocycles. The number of thiazole rings is 1. The van der Waals surface area contributed by atoms with Crippen LogP contribution in [0.2, 0.25) is 0 Å². The third kappa shape index (κ3) is 2.35. The van der Waals surface area contributed by atoms with Crippen molar-refractivity contribution in [1.82, 2.24) is 19.7 Å². The average molecular weight is 265 g/mol. The van der Waals surface area contributed by atoms with Crippen molar-refractivity contribution < 1.29 is 4.79 Å². The number of aromatic nitrogens is 3. The molecule has 6 nitrogen and oxygen atoms in total. The molecule has 0 bridgehead atoms. The van der Waals surface area contributed by atoms with E-state index in [0.29, 0.717) is 17.9 Å². The number of nitrogens with two attached hydrogens (primary N) is 1. The molecule has 2 heterocycles. The van der Waals surface area contributed by atoms with Crippen molar-refractivity contribution in [3.8, 4) is 0 Å². The van der Waals surface area contributed by atoms with Crippen LogP contribution in [-0.2, 0) is 13.6 Å². The Balaban J connectivity index is 2.14. The Bertz CT molecular complexity index is 554. The molecule has 0 fully saturated rings. The van der Waals surface area contributed by atoms with Gasteiger partial charge in [0, 0.05) is 25.2 Å². The summed E-state index contributed by atoms with van der Waals surface area (Å²) in [6.45, 7) is 2.46. The van der Waals surface area contributed by atoms with Gasteiger partial charge in [-0.15, -0.1) is 11.3 Å². The lowest BCUT2D eigenvalue weighted by Gasteiger charge is -2.16. The molecule has 96 valence electrons. The Morgan fingerprint density at radius 3 is 2.78 bits per heavy atom. The molecular weight excluding hydrogens is 250 g/mol. The molecule has 1 amide bonds. The Hall–Kier alpha value is -1.89. The molecule has 0 saturated carbocycles. The summed E-state index contributed by atoms with van der Waals surface area (Å²) in [6, 6.07) is 0. The first-order valence-electron chi connectivity index (χ1n) is 5.43. The molecule has 0 saturated heterocycles. The van der Waals surface area contributed by atoms with Crippen LogP contribution in [0.4, 0.5) is 5.69 Å². The second-order valence-corrected chi connectivity index (χ2v) is 5.40. The number of aryl methyl sites for hydroxylation is 2. The minimum atomic E-state index is -0.140. The fraction of sp³-hybridized carbons (Fsp3) is 0.364. The number of carbonyl (C=O) groups excluding carboxylic acids is 1. The molecule has 0 unspecified atom stereocenters. The van der Waals surface area contributed by atoms with Gasteiger partial charge in [0.25, 0.3) is 5.91 Å². The van der Waals surface area contributed by atoms with E-state index >= 15 is 0 Å². The zero-order chi connectivity index (χ0) is 13.3. The van der Waals surface area contributed by atoms with E-state index in [9.17, 15) is 4.79 Å². The maximum Gasteiger partial charge on any atom is 0.274 e. The van der Waals surface area contributed by atoms with Gasteiger partial charge in [0.2, 0.25) is 0 Å². The molecule has 0 atom stereocenters. The zero-order valence-corrected chi connectivity index (χ0v) is 11.4. The molecule has 7 heteroatoms. The smallest absolute Gasteiger partial charge is 0.274 e. The minimum absolute atomic E-state index is 0.140. The number of amides is 1. The fourth-order valence-electron chi connectivity index (χ4n) is 1.68. The third-order valence-corrected chi connectivity index (χ3v) is 3.48. The average Bonchev–Trinajstić information content (AvgIpc) is 2.85. The van der Waals surface area contributed by atoms with Gasteiger partial charge < -0.3 is 10.6 Å². The SMILES string of the molecule is Cc1ncc(CN(C)C(=O)c2c(N)cnn2C)s1. The number of hydrogen-bond acceptors (Lipinski definition) is 5. The van der Waals surface area contributed by atoms with Gasteiger partial charge in [0.05, 0.1) is 23.4 Å². The Kier molecular flexibility index (Phi) is 3.33. The number of hydrogen-bond donors (Lipinski definition) is 1. The number of anilines is 1. The van der Waals surface area contributed by atoms with Crippen LogP contribution in [0.1, 0.15) is 20.4 Å². The number of nitrogen functional groups attached to an aromatic ring is 1. The highest BCUT2D eigenvalue weighted by atomic mass is 32.1. The highest BCUT2D eigenvalue weighted by Crippen LogP contribution is 2.17. The summed E-state index contributed by atoms with van der Waals surface area (Å²) in [4.78, 5) is 19.0. The minimum Gasteiger partial charge on any atom is -0.396 e. The Morgan fingerprint density at radius 2 is 2.28 bits per heavy atom. The molecule has 0 aliphatic rings. The van der Waals surface area contributed by atoms with E-state index < -0.39 is 0 Å². The van der Waals surface area contributed by atoms with E-state index in [1.165, 1.54) is 10.9 Å². The molecule has 2 aromatic rings. The molecule has 2 rings (SSSR count). The topological polar surface area (TPSA) is 77.0 Å². The van der Waals surface area contributed by atoms with Gasteiger partial charge in [-0.1, -0.05) is 0 Å². The maximum absolute atomic E-state index is 12.2. The van der Waals surface area contributed by atoms with E-state index in [-0.39, 0.29) is 5.91 Å². The summed E-state index contributed by atoms with van der Waals surface area (Å²) >= 11 is 1.58. The molecular formula is C11H15N5OS. The standard InChI is InChI=1S/C11H15N5OS/c1-7-13-4-8(18-7)6-15(2)11(17)10-9(12)5-14-16(10)3/h4-5H,6,12H2,1-3H3. The second kappa shape index (κ2) is 4.77. The quantitative estimate of drug-likeness (QED) is 0.899. The van der Waals surface area contributed by atoms with Crippen LogP contribution in [0, 0.1) is 6.92 Å². The summed E-state index contributed by atoms with van der Waals surface area (Å²) in [6.07, 6.45) is 3.27. The van der Waals surface area contributed by atoms with Crippen LogP contribution in [0.3, 0.4) is 0 Å². The van der Waals surface area contributed by atoms with Crippen LogP contribution in [0.5, 0.6) is 0 Å². The van der Waals surface area contributed by atoms with Crippen LogP contribution in [-0.4, -0.2) is 32.6 Å². The summed E-state index contributed by atoms with van der Waals surface area (Å²) in [5.74, 6) is -0.140. The molecule has 0 spiro atoms. The molecule has 0 aliphatic carbocycles. The Morgan fingerprint density at radius 1 is 1.56 bits per heavy atom. The second-order valence-electron chi connectivity index (χ2n) is 4.08. The first-order chi connectivity index (χ1) is 8.49. The van der Waals surface area contributed by atoms with Crippen LogP contribution >= 0.6 is 11.3 Å². The van der Waals surface area contributed by atoms with Gasteiger partial charge in [0.1, 0.15) is 5.69 Å². The van der Waals surface area contributed by atoms with E-state index in [2.05, 4.69) is 10.1 Å². The first kappa shape index (κ1) is 12.6. The predicted octanol–water partition coefficient (Wildman–Crippen LogP) is 1.04. The van der Waals surface area contributed by atoms with Gasteiger partial charge >= 0.3 is 0 Å². The normalized spacial score (nSPS) is 10.6. The number of nitrogens with zero attached hydrogens (tertiary/aromatic N) is 4. The van der Waals surface area contributed by atoms with Crippen LogP contribution in [0.25, 0.3) is 0 Å². The van der Waals surface area contributed by atoms with Crippen molar-refractivity contribution in [3.05, 3.63) is 28.0 Å². The summed E-state index contributed by atoms with van der Waals surface area (Å²) in [7, 11) is 3.44. The summed E-state index contributed by atoms with van der Waals surface area (Å²) in [5, 5.41) is 4.96. The van der Waals surface area contributed by atoms with Gasteiger partial charge in [-0.2, -0.15) is 5.10 Å². The van der Waals surface area contributed by atoms with E-state index in [0.717, 1.165) is 9.88 Å². The van der Waals surface area contributed by atoms with E-state index in [1.807, 2.05) is 6.92 Å². The van der Waals surface area contributed by atoms with Crippen LogP contribution in [0.15, 0.2) is 12.4 Å². The van der Waals surface area contributed by atoms with Crippen molar-refractivity contribution in [1.29, 1.82) is 0 Å². The first-order valence-corrected chi connectivity index (χ1v) is 6.25. The van der Waals surface area contributed by atoms with Crippen molar-refractivity contribution in [2.75, 3.05) is 12.8 Å². The number of rotatable bonds is 3. The lowest BCUT2D eigenvalue weighted by molar-refractivity contribution is 0.0776.